The molecule has 2 nitrogen and oxygen atoms in total. The van der Waals surface area contributed by atoms with Gasteiger partial charge in [-0.3, -0.25) is 0 Å². The Hall–Kier alpha value is 0.750. The number of quaternary nitrogens is 1. The van der Waals surface area contributed by atoms with Gasteiger partial charge in [-0.25, -0.2) is 0 Å². The summed E-state index contributed by atoms with van der Waals surface area (Å²) in [4.78, 5) is 2.31. The van der Waals surface area contributed by atoms with E-state index >= 15 is 0 Å². The summed E-state index contributed by atoms with van der Waals surface area (Å²) in [5.41, 5.74) is 0. The van der Waals surface area contributed by atoms with E-state index in [0.717, 1.165) is 5.75 Å². The first-order valence-corrected chi connectivity index (χ1v) is 14.9. The minimum absolute atomic E-state index is 0. The van der Waals surface area contributed by atoms with Crippen molar-refractivity contribution >= 4 is 12.6 Å². The Morgan fingerprint density at radius 2 is 0.906 bits per heavy atom. The molecule has 0 N–H and O–H groups in total. The molecule has 0 saturated carbocycles. The molecule has 1 saturated heterocycles. The molecule has 1 rings (SSSR count). The third kappa shape index (κ3) is 19.1. The highest BCUT2D eigenvalue weighted by Crippen LogP contribution is 2.22. The zero-order valence-corrected chi connectivity index (χ0v) is 24.6. The number of thiol groups is 1. The van der Waals surface area contributed by atoms with Gasteiger partial charge in [0, 0.05) is 0 Å². The number of halogens is 1. The Bertz CT molecular complexity index is 372. The molecule has 0 aliphatic carbocycles. The average Bonchev–Trinajstić information content (AvgIpc) is 2.77. The molecule has 0 radical (unpaired) electrons. The standard InChI is InChI=1S/C28H58N2S.BrH/c1-29(2)23-17-12-8-4-6-10-14-19-25-30(26-20-16-21-27-30)24-18-13-9-5-3-7-11-15-22-28-31;/h3-28H2,1-2H3;1H. The Labute approximate surface area is 219 Å². The molecule has 0 unspecified atom stereocenters. The highest BCUT2D eigenvalue weighted by molar-refractivity contribution is 7.80. The lowest BCUT2D eigenvalue weighted by atomic mass is 10.0. The van der Waals surface area contributed by atoms with Gasteiger partial charge >= 0.3 is 0 Å². The fraction of sp³-hybridized carbons (Fsp3) is 1.00. The minimum atomic E-state index is 0. The van der Waals surface area contributed by atoms with Gasteiger partial charge in [0.25, 0.3) is 0 Å². The van der Waals surface area contributed by atoms with Gasteiger partial charge in [-0.2, -0.15) is 12.6 Å². The Morgan fingerprint density at radius 1 is 0.531 bits per heavy atom. The van der Waals surface area contributed by atoms with Gasteiger partial charge in [0.1, 0.15) is 0 Å². The molecule has 194 valence electrons. The van der Waals surface area contributed by atoms with Crippen molar-refractivity contribution in [2.24, 2.45) is 0 Å². The van der Waals surface area contributed by atoms with Gasteiger partial charge in [0.2, 0.25) is 0 Å². The van der Waals surface area contributed by atoms with Crippen LogP contribution in [-0.4, -0.2) is 62.0 Å². The smallest absolute Gasteiger partial charge is 0.0786 e. The molecule has 1 fully saturated rings. The summed E-state index contributed by atoms with van der Waals surface area (Å²) in [7, 11) is 4.37. The van der Waals surface area contributed by atoms with Crippen molar-refractivity contribution in [1.82, 2.24) is 4.90 Å². The number of hydrogen-bond donors (Lipinski definition) is 1. The third-order valence-corrected chi connectivity index (χ3v) is 7.86. The van der Waals surface area contributed by atoms with Gasteiger partial charge < -0.3 is 26.4 Å². The highest BCUT2D eigenvalue weighted by atomic mass is 79.9. The molecule has 0 aromatic heterocycles. The van der Waals surface area contributed by atoms with Crippen LogP contribution in [0.25, 0.3) is 0 Å². The first-order chi connectivity index (χ1) is 15.2. The van der Waals surface area contributed by atoms with Crippen molar-refractivity contribution in [2.75, 3.05) is 52.6 Å². The van der Waals surface area contributed by atoms with E-state index in [2.05, 4.69) is 31.6 Å². The van der Waals surface area contributed by atoms with Crippen LogP contribution in [-0.2, 0) is 0 Å². The fourth-order valence-corrected chi connectivity index (χ4v) is 5.70. The van der Waals surface area contributed by atoms with Crippen LogP contribution in [0.3, 0.4) is 0 Å². The molecule has 0 amide bonds. The molecule has 1 aliphatic heterocycles. The van der Waals surface area contributed by atoms with Crippen LogP contribution in [0.4, 0.5) is 0 Å². The molecule has 0 aromatic carbocycles. The number of nitrogens with zero attached hydrogens (tertiary/aromatic N) is 2. The van der Waals surface area contributed by atoms with Crippen molar-refractivity contribution < 1.29 is 21.5 Å². The largest absolute Gasteiger partial charge is 1.00 e. The van der Waals surface area contributed by atoms with E-state index in [4.69, 9.17) is 0 Å². The van der Waals surface area contributed by atoms with Crippen LogP contribution < -0.4 is 17.0 Å². The maximum Gasteiger partial charge on any atom is 0.0786 e. The van der Waals surface area contributed by atoms with Crippen LogP contribution in [0.15, 0.2) is 0 Å². The Balaban J connectivity index is 0.00000961. The number of piperidine rings is 1. The molecule has 0 spiro atoms. The van der Waals surface area contributed by atoms with Crippen LogP contribution in [0, 0.1) is 0 Å². The van der Waals surface area contributed by atoms with Crippen molar-refractivity contribution in [3.8, 4) is 0 Å². The lowest BCUT2D eigenvalue weighted by molar-refractivity contribution is -0.932. The maximum atomic E-state index is 4.31. The van der Waals surface area contributed by atoms with E-state index in [0.29, 0.717) is 0 Å². The first kappa shape index (κ1) is 32.8. The van der Waals surface area contributed by atoms with Crippen LogP contribution in [0.1, 0.15) is 128 Å². The van der Waals surface area contributed by atoms with Crippen molar-refractivity contribution in [3.05, 3.63) is 0 Å². The van der Waals surface area contributed by atoms with E-state index in [9.17, 15) is 0 Å². The molecule has 32 heavy (non-hydrogen) atoms. The summed E-state index contributed by atoms with van der Waals surface area (Å²) >= 11 is 4.31. The van der Waals surface area contributed by atoms with E-state index in [1.807, 2.05) is 0 Å². The zero-order valence-electron chi connectivity index (χ0n) is 22.1. The lowest BCUT2D eigenvalue weighted by Gasteiger charge is -2.42. The van der Waals surface area contributed by atoms with E-state index in [-0.39, 0.29) is 17.0 Å². The molecular weight excluding hydrogens is 476 g/mol. The second-order valence-corrected chi connectivity index (χ2v) is 11.3. The number of rotatable bonds is 22. The normalized spacial score (nSPS) is 15.8. The number of likely N-dealkylation sites (tertiary alicyclic amines) is 1. The molecule has 1 aliphatic rings. The summed E-state index contributed by atoms with van der Waals surface area (Å²) in [5.74, 6) is 1.07. The van der Waals surface area contributed by atoms with Gasteiger partial charge in [-0.15, -0.1) is 0 Å². The van der Waals surface area contributed by atoms with Crippen molar-refractivity contribution in [3.63, 3.8) is 0 Å². The van der Waals surface area contributed by atoms with Gasteiger partial charge in [-0.1, -0.05) is 70.6 Å². The number of unbranched alkanes of at least 4 members (excludes halogenated alkanes) is 15. The van der Waals surface area contributed by atoms with Crippen LogP contribution >= 0.6 is 12.6 Å². The first-order valence-electron chi connectivity index (χ1n) is 14.3. The number of hydrogen-bond acceptors (Lipinski definition) is 2. The quantitative estimate of drug-likeness (QED) is 0.115. The molecule has 1 heterocycles. The summed E-state index contributed by atoms with van der Waals surface area (Å²) in [5, 5.41) is 0. The van der Waals surface area contributed by atoms with E-state index in [1.54, 1.807) is 0 Å². The lowest BCUT2D eigenvalue weighted by Crippen LogP contribution is -3.00. The zero-order chi connectivity index (χ0) is 22.5. The van der Waals surface area contributed by atoms with E-state index in [1.165, 1.54) is 166 Å². The van der Waals surface area contributed by atoms with Crippen LogP contribution in [0.5, 0.6) is 0 Å². The summed E-state index contributed by atoms with van der Waals surface area (Å²) in [6, 6.07) is 0. The SMILES string of the molecule is CN(C)CCCCCCCCCC[N+]1(CCCCCCCCCCCS)CCCCC1.[Br-]. The predicted molar refractivity (Wildman–Crippen MR) is 144 cm³/mol. The third-order valence-electron chi connectivity index (χ3n) is 7.54. The minimum Gasteiger partial charge on any atom is -1.00 e. The summed E-state index contributed by atoms with van der Waals surface area (Å²) < 4.78 is 1.48. The monoisotopic (exact) mass is 534 g/mol. The van der Waals surface area contributed by atoms with Crippen LogP contribution in [0.2, 0.25) is 0 Å². The molecule has 0 bridgehead atoms. The topological polar surface area (TPSA) is 3.24 Å². The van der Waals surface area contributed by atoms with Crippen molar-refractivity contribution in [2.45, 2.75) is 128 Å². The molecule has 0 aromatic rings. The Kier molecular flexibility index (Phi) is 24.0. The highest BCUT2D eigenvalue weighted by Gasteiger charge is 2.28. The maximum absolute atomic E-state index is 4.31. The molecule has 0 atom stereocenters. The summed E-state index contributed by atoms with van der Waals surface area (Å²) in [6.45, 7) is 7.19. The summed E-state index contributed by atoms with van der Waals surface area (Å²) in [6.07, 6.45) is 29.0. The average molecular weight is 536 g/mol. The van der Waals surface area contributed by atoms with Gasteiger partial charge in [-0.05, 0) is 84.2 Å². The second kappa shape index (κ2) is 23.5. The van der Waals surface area contributed by atoms with Crippen molar-refractivity contribution in [1.29, 1.82) is 0 Å². The van der Waals surface area contributed by atoms with Gasteiger partial charge in [0.05, 0.1) is 26.2 Å². The fourth-order valence-electron chi connectivity index (χ4n) is 5.47. The predicted octanol–water partition coefficient (Wildman–Crippen LogP) is 5.11. The Morgan fingerprint density at radius 3 is 1.31 bits per heavy atom. The molecular formula is C28H59BrN2S. The van der Waals surface area contributed by atoms with E-state index < -0.39 is 0 Å². The molecule has 4 heteroatoms. The second-order valence-electron chi connectivity index (χ2n) is 10.8. The van der Waals surface area contributed by atoms with Gasteiger partial charge in [0.15, 0.2) is 0 Å².